The smallest absolute Gasteiger partial charge is 0.186 e. The molecular weight excluding hydrogens is 186 g/mol. The highest BCUT2D eigenvalue weighted by Crippen LogP contribution is 2.21. The Labute approximate surface area is 83.8 Å². The van der Waals surface area contributed by atoms with Crippen LogP contribution in [0.5, 0.6) is 0 Å². The van der Waals surface area contributed by atoms with Gasteiger partial charge in [0.1, 0.15) is 12.2 Å². The van der Waals surface area contributed by atoms with E-state index in [0.717, 1.165) is 0 Å². The monoisotopic (exact) mass is 205 g/mol. The summed E-state index contributed by atoms with van der Waals surface area (Å²) in [5.41, 5.74) is 5.61. The predicted octanol–water partition coefficient (Wildman–Crippen LogP) is -0.795. The van der Waals surface area contributed by atoms with Gasteiger partial charge in [-0.1, -0.05) is 0 Å². The Balaban J connectivity index is 2.60. The van der Waals surface area contributed by atoms with Crippen molar-refractivity contribution in [3.63, 3.8) is 0 Å². The first kappa shape index (κ1) is 11.9. The molecule has 1 fully saturated rings. The first-order valence-electron chi connectivity index (χ1n) is 4.86. The molecule has 1 rings (SSSR count). The second-order valence-electron chi connectivity index (χ2n) is 3.95. The van der Waals surface area contributed by atoms with Crippen molar-refractivity contribution in [3.05, 3.63) is 0 Å². The zero-order valence-electron chi connectivity index (χ0n) is 8.75. The molecule has 5 atom stereocenters. The summed E-state index contributed by atoms with van der Waals surface area (Å²) < 4.78 is 10.6. The van der Waals surface area contributed by atoms with Gasteiger partial charge in [-0.25, -0.2) is 0 Å². The van der Waals surface area contributed by atoms with Crippen molar-refractivity contribution in [2.24, 2.45) is 5.73 Å². The van der Waals surface area contributed by atoms with E-state index < -0.39 is 24.5 Å². The van der Waals surface area contributed by atoms with Crippen LogP contribution in [0, 0.1) is 0 Å². The molecule has 0 radical (unpaired) electrons. The first-order chi connectivity index (χ1) is 6.43. The molecule has 3 unspecified atom stereocenters. The summed E-state index contributed by atoms with van der Waals surface area (Å²) in [6.07, 6.45) is -3.26. The van der Waals surface area contributed by atoms with Crippen molar-refractivity contribution >= 4 is 0 Å². The minimum absolute atomic E-state index is 0.0663. The molecule has 0 saturated carbocycles. The standard InChI is InChI=1S/C9H19NO4/c1-4(2)13-9-8(12)7(11)6(10)5(3)14-9/h4-9,11-12H,10H2,1-3H3/t5?,6-,7?,8?,9+/m1/s1. The van der Waals surface area contributed by atoms with Gasteiger partial charge >= 0.3 is 0 Å². The van der Waals surface area contributed by atoms with E-state index in [1.165, 1.54) is 0 Å². The second-order valence-corrected chi connectivity index (χ2v) is 3.95. The van der Waals surface area contributed by atoms with Gasteiger partial charge in [-0.05, 0) is 20.8 Å². The largest absolute Gasteiger partial charge is 0.388 e. The van der Waals surface area contributed by atoms with E-state index in [1.54, 1.807) is 6.92 Å². The molecule has 5 heteroatoms. The van der Waals surface area contributed by atoms with Crippen LogP contribution in [0.15, 0.2) is 0 Å². The molecule has 0 aromatic carbocycles. The highest BCUT2D eigenvalue weighted by atomic mass is 16.7. The third kappa shape index (κ3) is 2.43. The molecule has 14 heavy (non-hydrogen) atoms. The number of nitrogens with two attached hydrogens (primary N) is 1. The molecule has 1 aliphatic heterocycles. The topological polar surface area (TPSA) is 84.9 Å². The maximum atomic E-state index is 9.59. The van der Waals surface area contributed by atoms with E-state index in [-0.39, 0.29) is 12.2 Å². The van der Waals surface area contributed by atoms with E-state index in [1.807, 2.05) is 13.8 Å². The Kier molecular flexibility index (Phi) is 3.86. The van der Waals surface area contributed by atoms with Crippen molar-refractivity contribution in [2.75, 3.05) is 0 Å². The van der Waals surface area contributed by atoms with E-state index >= 15 is 0 Å². The van der Waals surface area contributed by atoms with Crippen molar-refractivity contribution < 1.29 is 19.7 Å². The number of rotatable bonds is 2. The van der Waals surface area contributed by atoms with Crippen molar-refractivity contribution in [1.82, 2.24) is 0 Å². The summed E-state index contributed by atoms with van der Waals surface area (Å²) in [5.74, 6) is 0. The highest BCUT2D eigenvalue weighted by molar-refractivity contribution is 4.90. The summed E-state index contributed by atoms with van der Waals surface area (Å²) >= 11 is 0. The fraction of sp³-hybridized carbons (Fsp3) is 1.00. The van der Waals surface area contributed by atoms with Crippen LogP contribution >= 0.6 is 0 Å². The van der Waals surface area contributed by atoms with E-state index in [0.29, 0.717) is 0 Å². The van der Waals surface area contributed by atoms with Gasteiger partial charge in [0.25, 0.3) is 0 Å². The Morgan fingerprint density at radius 3 is 2.36 bits per heavy atom. The maximum Gasteiger partial charge on any atom is 0.186 e. The Morgan fingerprint density at radius 1 is 1.29 bits per heavy atom. The van der Waals surface area contributed by atoms with E-state index in [4.69, 9.17) is 15.2 Å². The summed E-state index contributed by atoms with van der Waals surface area (Å²) in [7, 11) is 0. The van der Waals surface area contributed by atoms with Crippen LogP contribution in [0.4, 0.5) is 0 Å². The first-order valence-corrected chi connectivity index (χ1v) is 4.86. The van der Waals surface area contributed by atoms with Crippen molar-refractivity contribution in [3.8, 4) is 0 Å². The third-order valence-corrected chi connectivity index (χ3v) is 2.32. The summed E-state index contributed by atoms with van der Waals surface area (Å²) in [6.45, 7) is 5.42. The minimum atomic E-state index is -1.08. The quantitative estimate of drug-likeness (QED) is 0.550. The van der Waals surface area contributed by atoms with Gasteiger partial charge in [0, 0.05) is 0 Å². The molecule has 1 heterocycles. The highest BCUT2D eigenvalue weighted by Gasteiger charge is 2.41. The van der Waals surface area contributed by atoms with Crippen LogP contribution in [0.2, 0.25) is 0 Å². The molecular formula is C9H19NO4. The van der Waals surface area contributed by atoms with Gasteiger partial charge in [-0.2, -0.15) is 0 Å². The molecule has 0 bridgehead atoms. The van der Waals surface area contributed by atoms with Gasteiger partial charge in [0.15, 0.2) is 6.29 Å². The lowest BCUT2D eigenvalue weighted by atomic mass is 9.98. The van der Waals surface area contributed by atoms with Crippen LogP contribution in [0.1, 0.15) is 20.8 Å². The van der Waals surface area contributed by atoms with Gasteiger partial charge < -0.3 is 25.4 Å². The third-order valence-electron chi connectivity index (χ3n) is 2.32. The lowest BCUT2D eigenvalue weighted by Gasteiger charge is -2.40. The summed E-state index contributed by atoms with van der Waals surface area (Å²) in [6, 6.07) is -0.572. The Morgan fingerprint density at radius 2 is 1.86 bits per heavy atom. The van der Waals surface area contributed by atoms with E-state index in [9.17, 15) is 10.2 Å². The maximum absolute atomic E-state index is 9.59. The molecule has 0 aliphatic carbocycles. The Hall–Kier alpha value is -0.200. The lowest BCUT2D eigenvalue weighted by molar-refractivity contribution is -0.278. The minimum Gasteiger partial charge on any atom is -0.388 e. The average molecular weight is 205 g/mol. The fourth-order valence-corrected chi connectivity index (χ4v) is 1.43. The van der Waals surface area contributed by atoms with E-state index in [2.05, 4.69) is 0 Å². The average Bonchev–Trinajstić information content (AvgIpc) is 2.10. The molecule has 1 saturated heterocycles. The van der Waals surface area contributed by atoms with Gasteiger partial charge in [0.05, 0.1) is 18.2 Å². The molecule has 5 nitrogen and oxygen atoms in total. The lowest BCUT2D eigenvalue weighted by Crippen LogP contribution is -2.61. The van der Waals surface area contributed by atoms with Crippen molar-refractivity contribution in [1.29, 1.82) is 0 Å². The van der Waals surface area contributed by atoms with Crippen LogP contribution in [-0.4, -0.2) is 47.0 Å². The number of aliphatic hydroxyl groups is 2. The molecule has 4 N–H and O–H groups in total. The molecule has 1 aliphatic rings. The SMILES string of the molecule is CC(C)O[C@H]1OC(C)[C@@H](N)C(O)C1O. The number of hydrogen-bond donors (Lipinski definition) is 3. The zero-order valence-corrected chi connectivity index (χ0v) is 8.75. The molecule has 84 valence electrons. The summed E-state index contributed by atoms with van der Waals surface area (Å²) in [4.78, 5) is 0. The summed E-state index contributed by atoms with van der Waals surface area (Å²) in [5, 5.41) is 19.2. The molecule has 0 aromatic rings. The van der Waals surface area contributed by atoms with Crippen LogP contribution in [0.3, 0.4) is 0 Å². The molecule has 0 spiro atoms. The fourth-order valence-electron chi connectivity index (χ4n) is 1.43. The number of hydrogen-bond acceptors (Lipinski definition) is 5. The van der Waals surface area contributed by atoms with Gasteiger partial charge in [-0.3, -0.25) is 0 Å². The predicted molar refractivity (Wildman–Crippen MR) is 50.5 cm³/mol. The van der Waals surface area contributed by atoms with Gasteiger partial charge in [0.2, 0.25) is 0 Å². The van der Waals surface area contributed by atoms with Crippen LogP contribution in [0.25, 0.3) is 0 Å². The number of aliphatic hydroxyl groups excluding tert-OH is 2. The zero-order chi connectivity index (χ0) is 10.9. The number of ether oxygens (including phenoxy) is 2. The normalized spacial score (nSPS) is 44.4. The van der Waals surface area contributed by atoms with Gasteiger partial charge in [-0.15, -0.1) is 0 Å². The van der Waals surface area contributed by atoms with Crippen molar-refractivity contribution in [2.45, 2.75) is 57.5 Å². The molecule has 0 amide bonds. The Bertz CT molecular complexity index is 188. The second kappa shape index (κ2) is 4.55. The van der Waals surface area contributed by atoms with Crippen LogP contribution < -0.4 is 5.73 Å². The van der Waals surface area contributed by atoms with Crippen LogP contribution in [-0.2, 0) is 9.47 Å². The molecule has 0 aromatic heterocycles.